The van der Waals surface area contributed by atoms with E-state index in [1.54, 1.807) is 17.5 Å². The Hall–Kier alpha value is -2.20. The Kier molecular flexibility index (Phi) is 2.14. The van der Waals surface area contributed by atoms with Crippen molar-refractivity contribution in [2.45, 2.75) is 19.4 Å². The van der Waals surface area contributed by atoms with E-state index in [0.29, 0.717) is 0 Å². The molecule has 1 aliphatic rings. The Morgan fingerprint density at radius 3 is 3.00 bits per heavy atom. The normalized spacial score (nSPS) is 14.3. The summed E-state index contributed by atoms with van der Waals surface area (Å²) < 4.78 is 2.32. The molecule has 0 atom stereocenters. The molecule has 4 heteroatoms. The fourth-order valence-electron chi connectivity index (χ4n) is 3.50. The highest BCUT2D eigenvalue weighted by Gasteiger charge is 2.20. The zero-order valence-corrected chi connectivity index (χ0v) is 12.1. The third-order valence-corrected chi connectivity index (χ3v) is 5.52. The Balaban J connectivity index is 2.16. The van der Waals surface area contributed by atoms with E-state index >= 15 is 0 Å². The Labute approximate surface area is 124 Å². The number of para-hydroxylation sites is 1. The molecule has 0 bridgehead atoms. The van der Waals surface area contributed by atoms with Gasteiger partial charge in [-0.25, -0.2) is 4.98 Å². The molecule has 0 unspecified atom stereocenters. The van der Waals surface area contributed by atoms with Gasteiger partial charge in [0, 0.05) is 18.1 Å². The lowest BCUT2D eigenvalue weighted by Gasteiger charge is -2.15. The second-order valence-corrected chi connectivity index (χ2v) is 6.51. The Morgan fingerprint density at radius 2 is 2.05 bits per heavy atom. The minimum atomic E-state index is 0.120. The van der Waals surface area contributed by atoms with Crippen LogP contribution >= 0.6 is 11.3 Å². The summed E-state index contributed by atoms with van der Waals surface area (Å²) in [6, 6.07) is 10.1. The second-order valence-electron chi connectivity index (χ2n) is 5.54. The van der Waals surface area contributed by atoms with E-state index in [1.807, 2.05) is 12.1 Å². The summed E-state index contributed by atoms with van der Waals surface area (Å²) in [5.74, 6) is 0. The summed E-state index contributed by atoms with van der Waals surface area (Å²) in [4.78, 5) is 19.2. The number of rotatable bonds is 0. The van der Waals surface area contributed by atoms with Gasteiger partial charge in [-0.05, 0) is 30.5 Å². The summed E-state index contributed by atoms with van der Waals surface area (Å²) in [6.45, 7) is 0.991. The van der Waals surface area contributed by atoms with Crippen LogP contribution in [0.15, 0.2) is 41.3 Å². The molecule has 0 saturated heterocycles. The quantitative estimate of drug-likeness (QED) is 0.495. The van der Waals surface area contributed by atoms with Crippen LogP contribution in [0.3, 0.4) is 0 Å². The van der Waals surface area contributed by atoms with E-state index in [1.165, 1.54) is 11.1 Å². The van der Waals surface area contributed by atoms with Crippen molar-refractivity contribution in [2.75, 3.05) is 0 Å². The van der Waals surface area contributed by atoms with E-state index < -0.39 is 0 Å². The summed E-state index contributed by atoms with van der Waals surface area (Å²) in [7, 11) is 0. The molecule has 0 fully saturated rings. The minimum Gasteiger partial charge on any atom is -0.332 e. The molecule has 0 spiro atoms. The van der Waals surface area contributed by atoms with Crippen molar-refractivity contribution in [3.05, 3.63) is 52.3 Å². The zero-order chi connectivity index (χ0) is 14.0. The van der Waals surface area contributed by atoms with Crippen LogP contribution in [0.5, 0.6) is 0 Å². The van der Waals surface area contributed by atoms with Gasteiger partial charge in [0.05, 0.1) is 16.3 Å². The highest BCUT2D eigenvalue weighted by atomic mass is 32.1. The van der Waals surface area contributed by atoms with Crippen molar-refractivity contribution < 1.29 is 0 Å². The first-order valence-electron chi connectivity index (χ1n) is 7.16. The van der Waals surface area contributed by atoms with Crippen LogP contribution < -0.4 is 5.43 Å². The average Bonchev–Trinajstić information content (AvgIpc) is 2.85. The first-order valence-corrected chi connectivity index (χ1v) is 7.98. The molecule has 0 N–H and O–H groups in total. The Morgan fingerprint density at radius 1 is 1.14 bits per heavy atom. The third kappa shape index (κ3) is 1.38. The number of benzene rings is 1. The zero-order valence-electron chi connectivity index (χ0n) is 11.3. The molecule has 5 rings (SSSR count). The van der Waals surface area contributed by atoms with Crippen LogP contribution in [0.2, 0.25) is 0 Å². The highest BCUT2D eigenvalue weighted by Crippen LogP contribution is 2.36. The van der Waals surface area contributed by atoms with Gasteiger partial charge in [-0.3, -0.25) is 4.79 Å². The van der Waals surface area contributed by atoms with Crippen LogP contribution in [-0.2, 0) is 13.0 Å². The molecule has 1 aliphatic heterocycles. The molecule has 3 aromatic heterocycles. The number of aromatic nitrogens is 2. The topological polar surface area (TPSA) is 34.9 Å². The molecular formula is C17H12N2OS. The molecule has 0 aliphatic carbocycles. The van der Waals surface area contributed by atoms with E-state index in [4.69, 9.17) is 0 Å². The molecule has 4 heterocycles. The highest BCUT2D eigenvalue weighted by molar-refractivity contribution is 7.24. The van der Waals surface area contributed by atoms with Gasteiger partial charge >= 0.3 is 0 Å². The summed E-state index contributed by atoms with van der Waals surface area (Å²) >= 11 is 1.64. The number of pyridine rings is 1. The molecule has 3 nitrogen and oxygen atoms in total. The molecule has 0 amide bonds. The van der Waals surface area contributed by atoms with Crippen molar-refractivity contribution >= 4 is 42.7 Å². The molecule has 0 radical (unpaired) electrons. The first kappa shape index (κ1) is 11.5. The maximum Gasteiger partial charge on any atom is 0.199 e. The largest absolute Gasteiger partial charge is 0.332 e. The van der Waals surface area contributed by atoms with E-state index in [-0.39, 0.29) is 5.43 Å². The summed E-state index contributed by atoms with van der Waals surface area (Å²) in [5, 5.41) is 2.71. The van der Waals surface area contributed by atoms with Crippen molar-refractivity contribution in [1.82, 2.24) is 9.55 Å². The minimum absolute atomic E-state index is 0.120. The van der Waals surface area contributed by atoms with Crippen molar-refractivity contribution in [3.8, 4) is 0 Å². The fourth-order valence-corrected chi connectivity index (χ4v) is 4.67. The van der Waals surface area contributed by atoms with Gasteiger partial charge in [0.25, 0.3) is 0 Å². The standard InChI is InChI=1S/C17H12N2OS/c20-15-12-7-2-8-18-16(12)21-17-13(15)11-6-1-4-10-5-3-9-19(17)14(10)11/h1-2,4,6-8H,3,5,9H2. The van der Waals surface area contributed by atoms with Crippen LogP contribution in [0.25, 0.3) is 31.3 Å². The second kappa shape index (κ2) is 3.92. The van der Waals surface area contributed by atoms with E-state index in [0.717, 1.165) is 45.2 Å². The van der Waals surface area contributed by atoms with Gasteiger partial charge in [0.2, 0.25) is 0 Å². The predicted octanol–water partition coefficient (Wildman–Crippen LogP) is 3.71. The first-order chi connectivity index (χ1) is 10.3. The molecule has 1 aromatic carbocycles. The monoisotopic (exact) mass is 292 g/mol. The number of hydrogen-bond donors (Lipinski definition) is 0. The number of fused-ring (bicyclic) bond motifs is 4. The van der Waals surface area contributed by atoms with Gasteiger partial charge in [0.15, 0.2) is 5.43 Å². The lowest BCUT2D eigenvalue weighted by molar-refractivity contribution is 0.653. The van der Waals surface area contributed by atoms with Crippen molar-refractivity contribution in [3.63, 3.8) is 0 Å². The van der Waals surface area contributed by atoms with E-state index in [9.17, 15) is 4.79 Å². The van der Waals surface area contributed by atoms with Crippen LogP contribution in [0, 0.1) is 0 Å². The molecule has 21 heavy (non-hydrogen) atoms. The lowest BCUT2D eigenvalue weighted by atomic mass is 10.0. The van der Waals surface area contributed by atoms with Gasteiger partial charge in [-0.1, -0.05) is 29.5 Å². The fraction of sp³-hybridized carbons (Fsp3) is 0.176. The number of nitrogens with zero attached hydrogens (tertiary/aromatic N) is 2. The molecular weight excluding hydrogens is 280 g/mol. The molecule has 102 valence electrons. The number of hydrogen-bond acceptors (Lipinski definition) is 3. The van der Waals surface area contributed by atoms with Crippen molar-refractivity contribution in [2.24, 2.45) is 0 Å². The molecule has 0 saturated carbocycles. The van der Waals surface area contributed by atoms with Crippen LogP contribution in [-0.4, -0.2) is 9.55 Å². The van der Waals surface area contributed by atoms with Gasteiger partial charge in [-0.2, -0.15) is 0 Å². The van der Waals surface area contributed by atoms with Crippen LogP contribution in [0.4, 0.5) is 0 Å². The summed E-state index contributed by atoms with van der Waals surface area (Å²) in [6.07, 6.45) is 4.00. The maximum absolute atomic E-state index is 12.9. The maximum atomic E-state index is 12.9. The number of aryl methyl sites for hydroxylation is 2. The smallest absolute Gasteiger partial charge is 0.199 e. The average molecular weight is 292 g/mol. The van der Waals surface area contributed by atoms with Gasteiger partial charge in [0.1, 0.15) is 9.66 Å². The van der Waals surface area contributed by atoms with Crippen molar-refractivity contribution in [1.29, 1.82) is 0 Å². The van der Waals surface area contributed by atoms with Gasteiger partial charge in [-0.15, -0.1) is 0 Å². The SMILES string of the molecule is O=c1c2cccnc2sc2c1c1cccc3c1n2CCC3. The molecule has 4 aromatic rings. The third-order valence-electron chi connectivity index (χ3n) is 4.38. The predicted molar refractivity (Wildman–Crippen MR) is 87.2 cm³/mol. The van der Waals surface area contributed by atoms with E-state index in [2.05, 4.69) is 27.8 Å². The van der Waals surface area contributed by atoms with Gasteiger partial charge < -0.3 is 4.57 Å². The van der Waals surface area contributed by atoms with Crippen LogP contribution in [0.1, 0.15) is 12.0 Å². The summed E-state index contributed by atoms with van der Waals surface area (Å²) in [5.41, 5.74) is 2.73. The Bertz CT molecular complexity index is 1090. The lowest BCUT2D eigenvalue weighted by Crippen LogP contribution is -2.07.